The third kappa shape index (κ3) is 2.92. The summed E-state index contributed by atoms with van der Waals surface area (Å²) in [5.41, 5.74) is 3.24. The lowest BCUT2D eigenvalue weighted by atomic mass is 10.1. The maximum Gasteiger partial charge on any atom is 0.285 e. The number of fused-ring (bicyclic) bond motifs is 1. The molecule has 0 bridgehead atoms. The first kappa shape index (κ1) is 11.0. The number of hydroxylamine groups is 2. The van der Waals surface area contributed by atoms with Crippen molar-refractivity contribution in [1.82, 2.24) is 5.06 Å². The fraction of sp³-hybridized carbons (Fsp3) is 0.286. The number of benzene rings is 1. The number of hydrogen-bond acceptors (Lipinski definition) is 3. The van der Waals surface area contributed by atoms with Crippen molar-refractivity contribution in [1.29, 1.82) is 0 Å². The number of amides is 2. The first-order valence-corrected chi connectivity index (χ1v) is 9.32. The molecule has 2 amide bonds. The van der Waals surface area contributed by atoms with E-state index in [0.717, 1.165) is 0 Å². The summed E-state index contributed by atoms with van der Waals surface area (Å²) in [6.45, 7) is 3.47. The van der Waals surface area contributed by atoms with E-state index < -0.39 is 26.4 Å². The summed E-state index contributed by atoms with van der Waals surface area (Å²) in [5, 5.41) is 0.448. The van der Waals surface area contributed by atoms with Crippen molar-refractivity contribution in [2.45, 2.75) is 19.6 Å². The molecule has 98 valence electrons. The molecule has 1 heterocycles. The number of carbonyl (C=O) groups excluding carboxylic acids is 2. The SMILES string of the molecule is [2H]C([2H])(C#C[Si](C)(C)C)ON1C(=O)c2ccccc2C1=O. The van der Waals surface area contributed by atoms with E-state index in [4.69, 9.17) is 7.58 Å². The van der Waals surface area contributed by atoms with E-state index in [1.165, 1.54) is 12.1 Å². The smallest absolute Gasteiger partial charge is 0.266 e. The largest absolute Gasteiger partial charge is 0.285 e. The lowest BCUT2D eigenvalue weighted by molar-refractivity contribution is -0.0781. The van der Waals surface area contributed by atoms with Crippen LogP contribution in [0.25, 0.3) is 0 Å². The molecule has 0 aromatic heterocycles. The average Bonchev–Trinajstić information content (AvgIpc) is 2.62. The third-order valence-electron chi connectivity index (χ3n) is 2.38. The highest BCUT2D eigenvalue weighted by Gasteiger charge is 2.36. The normalized spacial score (nSPS) is 16.5. The molecule has 0 spiro atoms. The fourth-order valence-electron chi connectivity index (χ4n) is 1.53. The zero-order valence-corrected chi connectivity index (χ0v) is 12.0. The number of imide groups is 1. The second kappa shape index (κ2) is 5.00. The van der Waals surface area contributed by atoms with Crippen molar-refractivity contribution >= 4 is 19.9 Å². The Labute approximate surface area is 116 Å². The van der Waals surface area contributed by atoms with Crippen molar-refractivity contribution in [3.05, 3.63) is 35.4 Å². The zero-order chi connectivity index (χ0) is 15.8. The number of rotatable bonds is 2. The van der Waals surface area contributed by atoms with Crippen LogP contribution in [0.1, 0.15) is 23.5 Å². The van der Waals surface area contributed by atoms with Gasteiger partial charge in [-0.25, -0.2) is 4.84 Å². The Balaban J connectivity index is 2.24. The van der Waals surface area contributed by atoms with Gasteiger partial charge < -0.3 is 0 Å². The predicted molar refractivity (Wildman–Crippen MR) is 74.0 cm³/mol. The van der Waals surface area contributed by atoms with Crippen LogP contribution < -0.4 is 0 Å². The molecule has 1 aliphatic rings. The molecule has 2 rings (SSSR count). The first-order valence-electron chi connectivity index (χ1n) is 6.82. The van der Waals surface area contributed by atoms with E-state index in [0.29, 0.717) is 5.06 Å². The number of carbonyl (C=O) groups is 2. The van der Waals surface area contributed by atoms with Gasteiger partial charge in [-0.1, -0.05) is 37.7 Å². The lowest BCUT2D eigenvalue weighted by Crippen LogP contribution is -2.30. The Hall–Kier alpha value is -1.90. The standard InChI is InChI=1S/C14H15NO3Si/c1-19(2,3)10-6-9-18-15-13(16)11-7-4-5-8-12(11)14(15)17/h4-5,7-8H,9H2,1-3H3/i9D2. The minimum absolute atomic E-state index is 0.205. The van der Waals surface area contributed by atoms with Crippen LogP contribution >= 0.6 is 0 Å². The van der Waals surface area contributed by atoms with E-state index in [-0.39, 0.29) is 11.1 Å². The molecular weight excluding hydrogens is 258 g/mol. The van der Waals surface area contributed by atoms with Gasteiger partial charge in [0, 0.05) is 0 Å². The van der Waals surface area contributed by atoms with Gasteiger partial charge in [0.25, 0.3) is 11.8 Å². The Kier molecular flexibility index (Phi) is 2.88. The molecule has 0 radical (unpaired) electrons. The highest BCUT2D eigenvalue weighted by atomic mass is 28.3. The van der Waals surface area contributed by atoms with Gasteiger partial charge in [0.05, 0.1) is 13.9 Å². The fourth-order valence-corrected chi connectivity index (χ4v) is 1.96. The van der Waals surface area contributed by atoms with Crippen molar-refractivity contribution in [3.8, 4) is 11.5 Å². The molecule has 1 aliphatic heterocycles. The highest BCUT2D eigenvalue weighted by Crippen LogP contribution is 2.22. The summed E-state index contributed by atoms with van der Waals surface area (Å²) in [5.74, 6) is 1.03. The van der Waals surface area contributed by atoms with Crippen LogP contribution in [0.3, 0.4) is 0 Å². The molecule has 1 aromatic rings. The van der Waals surface area contributed by atoms with Crippen LogP contribution in [0.5, 0.6) is 0 Å². The molecule has 5 heteroatoms. The predicted octanol–water partition coefficient (Wildman–Crippen LogP) is 2.09. The molecule has 19 heavy (non-hydrogen) atoms. The second-order valence-electron chi connectivity index (χ2n) is 5.14. The molecule has 4 nitrogen and oxygen atoms in total. The molecule has 0 unspecified atom stereocenters. The molecule has 0 fully saturated rings. The average molecular weight is 275 g/mol. The molecular formula is C14H15NO3Si. The summed E-state index contributed by atoms with van der Waals surface area (Å²) in [6, 6.07) is 6.27. The van der Waals surface area contributed by atoms with Gasteiger partial charge >= 0.3 is 0 Å². The Morgan fingerprint density at radius 2 is 1.74 bits per heavy atom. The lowest BCUT2D eigenvalue weighted by Gasteiger charge is -2.11. The Morgan fingerprint density at radius 1 is 1.21 bits per heavy atom. The molecule has 0 aliphatic carbocycles. The van der Waals surface area contributed by atoms with Crippen LogP contribution in [0.4, 0.5) is 0 Å². The van der Waals surface area contributed by atoms with Crippen molar-refractivity contribution in [3.63, 3.8) is 0 Å². The molecule has 0 atom stereocenters. The van der Waals surface area contributed by atoms with Crippen molar-refractivity contribution in [2.24, 2.45) is 0 Å². The zero-order valence-electron chi connectivity index (χ0n) is 13.0. The third-order valence-corrected chi connectivity index (χ3v) is 3.26. The van der Waals surface area contributed by atoms with E-state index >= 15 is 0 Å². The van der Waals surface area contributed by atoms with E-state index in [1.54, 1.807) is 12.1 Å². The van der Waals surface area contributed by atoms with Crippen LogP contribution in [0.2, 0.25) is 19.6 Å². The monoisotopic (exact) mass is 275 g/mol. The quantitative estimate of drug-likeness (QED) is 0.472. The maximum atomic E-state index is 12.1. The van der Waals surface area contributed by atoms with Gasteiger partial charge in [0.2, 0.25) is 0 Å². The minimum Gasteiger partial charge on any atom is -0.266 e. The number of nitrogens with zero attached hydrogens (tertiary/aromatic N) is 1. The molecule has 1 aromatic carbocycles. The Bertz CT molecular complexity index is 636. The minimum atomic E-state index is -2.40. The van der Waals surface area contributed by atoms with E-state index in [1.807, 2.05) is 19.6 Å². The molecule has 0 N–H and O–H groups in total. The summed E-state index contributed by atoms with van der Waals surface area (Å²) < 4.78 is 15.4. The highest BCUT2D eigenvalue weighted by molar-refractivity contribution is 6.83. The summed E-state index contributed by atoms with van der Waals surface area (Å²) >= 11 is 0. The van der Waals surface area contributed by atoms with Gasteiger partial charge in [-0.2, -0.15) is 0 Å². The first-order chi connectivity index (χ1) is 9.61. The summed E-state index contributed by atoms with van der Waals surface area (Å²) in [4.78, 5) is 29.0. The van der Waals surface area contributed by atoms with E-state index in [9.17, 15) is 9.59 Å². The van der Waals surface area contributed by atoms with Crippen LogP contribution in [0, 0.1) is 11.5 Å². The summed E-state index contributed by atoms with van der Waals surface area (Å²) in [6.07, 6.45) is 0. The molecule has 0 saturated carbocycles. The van der Waals surface area contributed by atoms with Crippen molar-refractivity contribution in [2.75, 3.05) is 6.56 Å². The van der Waals surface area contributed by atoms with Gasteiger partial charge in [-0.05, 0) is 12.1 Å². The van der Waals surface area contributed by atoms with Gasteiger partial charge in [-0.15, -0.1) is 10.6 Å². The van der Waals surface area contributed by atoms with Crippen LogP contribution in [0.15, 0.2) is 24.3 Å². The summed E-state index contributed by atoms with van der Waals surface area (Å²) in [7, 11) is -1.79. The molecule has 0 saturated heterocycles. The van der Waals surface area contributed by atoms with Crippen molar-refractivity contribution < 1.29 is 17.2 Å². The maximum absolute atomic E-state index is 12.1. The van der Waals surface area contributed by atoms with Gasteiger partial charge in [-0.3, -0.25) is 9.59 Å². The van der Waals surface area contributed by atoms with Gasteiger partial charge in [0.1, 0.15) is 14.6 Å². The Morgan fingerprint density at radius 3 is 2.21 bits per heavy atom. The van der Waals surface area contributed by atoms with E-state index in [2.05, 4.69) is 11.5 Å². The second-order valence-corrected chi connectivity index (χ2v) is 9.89. The van der Waals surface area contributed by atoms with Gasteiger partial charge in [0.15, 0.2) is 0 Å². The topological polar surface area (TPSA) is 46.6 Å². The van der Waals surface area contributed by atoms with Crippen LogP contribution in [-0.2, 0) is 4.84 Å². The number of hydrogen-bond donors (Lipinski definition) is 0. The van der Waals surface area contributed by atoms with Crippen LogP contribution in [-0.4, -0.2) is 31.5 Å².